The van der Waals surface area contributed by atoms with Gasteiger partial charge in [0.25, 0.3) is 0 Å². The van der Waals surface area contributed by atoms with E-state index in [1.165, 1.54) is 32.1 Å². The number of aliphatic hydroxyl groups is 1. The van der Waals surface area contributed by atoms with Gasteiger partial charge in [0, 0.05) is 12.5 Å². The second-order valence-electron chi connectivity index (χ2n) is 4.33. The van der Waals surface area contributed by atoms with Gasteiger partial charge in [-0.15, -0.1) is 0 Å². The van der Waals surface area contributed by atoms with E-state index >= 15 is 0 Å². The van der Waals surface area contributed by atoms with E-state index in [1.807, 2.05) is 12.1 Å². The molecule has 3 nitrogen and oxygen atoms in total. The summed E-state index contributed by atoms with van der Waals surface area (Å²) in [6.07, 6.45) is 5.70. The van der Waals surface area contributed by atoms with E-state index < -0.39 is 6.10 Å². The minimum atomic E-state index is -0.651. The first-order chi connectivity index (χ1) is 7.31. The summed E-state index contributed by atoms with van der Waals surface area (Å²) in [6.45, 7) is 0.220. The van der Waals surface area contributed by atoms with Crippen LogP contribution in [0.2, 0.25) is 0 Å². The third kappa shape index (κ3) is 2.41. The Labute approximate surface area is 90.3 Å². The quantitative estimate of drug-likeness (QED) is 0.803. The molecule has 1 aromatic rings. The molecular weight excluding hydrogens is 190 g/mol. The third-order valence-corrected chi connectivity index (χ3v) is 3.21. The monoisotopic (exact) mass is 209 g/mol. The number of rotatable bonds is 3. The first kappa shape index (κ1) is 10.7. The topological polar surface area (TPSA) is 59.4 Å². The van der Waals surface area contributed by atoms with E-state index in [0.717, 1.165) is 5.76 Å². The van der Waals surface area contributed by atoms with E-state index in [1.54, 1.807) is 0 Å². The summed E-state index contributed by atoms with van der Waals surface area (Å²) < 4.78 is 5.65. The Kier molecular flexibility index (Phi) is 3.44. The van der Waals surface area contributed by atoms with Gasteiger partial charge in [0.15, 0.2) is 0 Å². The van der Waals surface area contributed by atoms with Crippen molar-refractivity contribution in [3.8, 4) is 0 Å². The Bertz CT molecular complexity index is 302. The smallest absolute Gasteiger partial charge is 0.133 e. The van der Waals surface area contributed by atoms with Crippen LogP contribution in [0.15, 0.2) is 16.5 Å². The average molecular weight is 209 g/mol. The molecule has 0 aliphatic heterocycles. The molecule has 1 aliphatic carbocycles. The molecule has 2 rings (SSSR count). The van der Waals surface area contributed by atoms with Gasteiger partial charge in [-0.1, -0.05) is 19.3 Å². The van der Waals surface area contributed by atoms with Crippen molar-refractivity contribution < 1.29 is 9.52 Å². The molecule has 0 amide bonds. The van der Waals surface area contributed by atoms with Gasteiger partial charge in [0.1, 0.15) is 17.6 Å². The van der Waals surface area contributed by atoms with Gasteiger partial charge in [-0.3, -0.25) is 0 Å². The van der Waals surface area contributed by atoms with Crippen molar-refractivity contribution in [1.82, 2.24) is 0 Å². The van der Waals surface area contributed by atoms with Gasteiger partial charge in [0.05, 0.1) is 0 Å². The van der Waals surface area contributed by atoms with Crippen LogP contribution in [0, 0.1) is 0 Å². The zero-order chi connectivity index (χ0) is 10.7. The Balaban J connectivity index is 2.05. The Morgan fingerprint density at radius 1 is 1.33 bits per heavy atom. The van der Waals surface area contributed by atoms with Crippen LogP contribution in [-0.2, 0) is 0 Å². The molecule has 0 bridgehead atoms. The van der Waals surface area contributed by atoms with Crippen LogP contribution in [0.1, 0.15) is 55.6 Å². The van der Waals surface area contributed by atoms with Crippen molar-refractivity contribution in [2.75, 3.05) is 6.54 Å². The van der Waals surface area contributed by atoms with E-state index in [2.05, 4.69) is 0 Å². The fraction of sp³-hybridized carbons (Fsp3) is 0.667. The molecule has 1 aliphatic rings. The molecule has 1 atom stereocenters. The summed E-state index contributed by atoms with van der Waals surface area (Å²) >= 11 is 0. The fourth-order valence-electron chi connectivity index (χ4n) is 2.27. The zero-order valence-electron chi connectivity index (χ0n) is 8.98. The molecule has 3 heteroatoms. The Morgan fingerprint density at radius 2 is 2.07 bits per heavy atom. The van der Waals surface area contributed by atoms with Gasteiger partial charge >= 0.3 is 0 Å². The lowest BCUT2D eigenvalue weighted by Gasteiger charge is -2.19. The summed E-state index contributed by atoms with van der Waals surface area (Å²) in [5, 5.41) is 9.52. The summed E-state index contributed by atoms with van der Waals surface area (Å²) in [7, 11) is 0. The van der Waals surface area contributed by atoms with Crippen LogP contribution in [0.4, 0.5) is 0 Å². The summed E-state index contributed by atoms with van der Waals surface area (Å²) in [5.41, 5.74) is 5.38. The number of furan rings is 1. The third-order valence-electron chi connectivity index (χ3n) is 3.21. The number of nitrogens with two attached hydrogens (primary N) is 1. The van der Waals surface area contributed by atoms with Crippen molar-refractivity contribution in [2.24, 2.45) is 5.73 Å². The van der Waals surface area contributed by atoms with Crippen molar-refractivity contribution in [3.05, 3.63) is 23.7 Å². The average Bonchev–Trinajstić information content (AvgIpc) is 2.78. The van der Waals surface area contributed by atoms with Gasteiger partial charge in [0.2, 0.25) is 0 Å². The lowest BCUT2D eigenvalue weighted by molar-refractivity contribution is 0.154. The molecule has 1 unspecified atom stereocenters. The van der Waals surface area contributed by atoms with Crippen LogP contribution in [0.3, 0.4) is 0 Å². The highest BCUT2D eigenvalue weighted by molar-refractivity contribution is 5.13. The van der Waals surface area contributed by atoms with E-state index in [0.29, 0.717) is 11.7 Å². The molecule has 0 saturated heterocycles. The largest absolute Gasteiger partial charge is 0.463 e. The molecule has 15 heavy (non-hydrogen) atoms. The van der Waals surface area contributed by atoms with Crippen molar-refractivity contribution in [1.29, 1.82) is 0 Å². The molecule has 1 heterocycles. The molecule has 1 aromatic heterocycles. The summed E-state index contributed by atoms with van der Waals surface area (Å²) in [6, 6.07) is 3.84. The van der Waals surface area contributed by atoms with Gasteiger partial charge < -0.3 is 15.3 Å². The maximum atomic E-state index is 9.52. The molecule has 0 radical (unpaired) electrons. The maximum Gasteiger partial charge on any atom is 0.133 e. The molecule has 1 saturated carbocycles. The molecule has 3 N–H and O–H groups in total. The molecule has 84 valence electrons. The first-order valence-electron chi connectivity index (χ1n) is 5.79. The maximum absolute atomic E-state index is 9.52. The second-order valence-corrected chi connectivity index (χ2v) is 4.33. The zero-order valence-corrected chi connectivity index (χ0v) is 8.98. The fourth-order valence-corrected chi connectivity index (χ4v) is 2.27. The first-order valence-corrected chi connectivity index (χ1v) is 5.79. The lowest BCUT2D eigenvalue weighted by Crippen LogP contribution is -2.10. The highest BCUT2D eigenvalue weighted by Gasteiger charge is 2.20. The Hall–Kier alpha value is -0.800. The van der Waals surface area contributed by atoms with Crippen LogP contribution >= 0.6 is 0 Å². The summed E-state index contributed by atoms with van der Waals surface area (Å²) in [5.74, 6) is 2.19. The predicted molar refractivity (Wildman–Crippen MR) is 58.5 cm³/mol. The molecule has 1 fully saturated rings. The molecule has 0 aromatic carbocycles. The normalized spacial score (nSPS) is 20.4. The SMILES string of the molecule is NCC(O)c1ccc(C2CCCCC2)o1. The number of aliphatic hydroxyl groups excluding tert-OH is 1. The number of hydrogen-bond acceptors (Lipinski definition) is 3. The number of hydrogen-bond donors (Lipinski definition) is 2. The predicted octanol–water partition coefficient (Wildman–Crippen LogP) is 2.32. The van der Waals surface area contributed by atoms with Crippen molar-refractivity contribution >= 4 is 0 Å². The lowest BCUT2D eigenvalue weighted by atomic mass is 9.88. The summed E-state index contributed by atoms with van der Waals surface area (Å²) in [4.78, 5) is 0. The highest BCUT2D eigenvalue weighted by Crippen LogP contribution is 2.34. The second kappa shape index (κ2) is 4.81. The van der Waals surface area contributed by atoms with Gasteiger partial charge in [-0.25, -0.2) is 0 Å². The minimum absolute atomic E-state index is 0.220. The van der Waals surface area contributed by atoms with Gasteiger partial charge in [-0.05, 0) is 25.0 Å². The van der Waals surface area contributed by atoms with Crippen molar-refractivity contribution in [2.45, 2.75) is 44.1 Å². The highest BCUT2D eigenvalue weighted by atomic mass is 16.4. The standard InChI is InChI=1S/C12H19NO2/c13-8-10(14)12-7-6-11(15-12)9-4-2-1-3-5-9/h6-7,9-10,14H,1-5,8,13H2. The minimum Gasteiger partial charge on any atom is -0.463 e. The van der Waals surface area contributed by atoms with Crippen LogP contribution in [-0.4, -0.2) is 11.7 Å². The van der Waals surface area contributed by atoms with E-state index in [9.17, 15) is 5.11 Å². The van der Waals surface area contributed by atoms with Crippen LogP contribution in [0.25, 0.3) is 0 Å². The van der Waals surface area contributed by atoms with E-state index in [4.69, 9.17) is 10.2 Å². The van der Waals surface area contributed by atoms with Crippen LogP contribution in [0.5, 0.6) is 0 Å². The molecule has 0 spiro atoms. The van der Waals surface area contributed by atoms with Crippen molar-refractivity contribution in [3.63, 3.8) is 0 Å². The van der Waals surface area contributed by atoms with Crippen LogP contribution < -0.4 is 5.73 Å². The Morgan fingerprint density at radius 3 is 2.73 bits per heavy atom. The molecular formula is C12H19NO2. The van der Waals surface area contributed by atoms with Gasteiger partial charge in [-0.2, -0.15) is 0 Å². The van der Waals surface area contributed by atoms with E-state index in [-0.39, 0.29) is 6.54 Å².